The van der Waals surface area contributed by atoms with Gasteiger partial charge in [0.2, 0.25) is 0 Å². The van der Waals surface area contributed by atoms with E-state index in [-0.39, 0.29) is 18.1 Å². The lowest BCUT2D eigenvalue weighted by Gasteiger charge is -2.41. The Bertz CT molecular complexity index is 694. The molecule has 2 unspecified atom stereocenters. The van der Waals surface area contributed by atoms with Crippen molar-refractivity contribution in [2.24, 2.45) is 5.92 Å². The minimum atomic E-state index is -1.06. The van der Waals surface area contributed by atoms with E-state index in [1.54, 1.807) is 0 Å². The Morgan fingerprint density at radius 3 is 2.29 bits per heavy atom. The predicted octanol–water partition coefficient (Wildman–Crippen LogP) is 3.47. The minimum Gasteiger partial charge on any atom is -0.384 e. The third kappa shape index (κ3) is 3.42. The van der Waals surface area contributed by atoms with Gasteiger partial charge in [0.25, 0.3) is 0 Å². The van der Waals surface area contributed by atoms with E-state index in [0.717, 1.165) is 29.7 Å². The molecule has 1 aliphatic rings. The highest BCUT2D eigenvalue weighted by molar-refractivity contribution is 5.81. The van der Waals surface area contributed by atoms with Crippen molar-refractivity contribution in [2.45, 2.75) is 24.9 Å². The summed E-state index contributed by atoms with van der Waals surface area (Å²) in [7, 11) is 4.02. The Kier molecular flexibility index (Phi) is 4.83. The second-order valence-electron chi connectivity index (χ2n) is 7.08. The summed E-state index contributed by atoms with van der Waals surface area (Å²) in [6.45, 7) is 0.782. The van der Waals surface area contributed by atoms with Gasteiger partial charge in [-0.05, 0) is 37.2 Å². The molecule has 0 amide bonds. The van der Waals surface area contributed by atoms with Crippen LogP contribution in [-0.4, -0.2) is 36.4 Å². The van der Waals surface area contributed by atoms with Gasteiger partial charge < -0.3 is 10.0 Å². The molecule has 2 atom stereocenters. The van der Waals surface area contributed by atoms with E-state index in [1.165, 1.54) is 0 Å². The van der Waals surface area contributed by atoms with Crippen molar-refractivity contribution in [1.82, 2.24) is 4.90 Å². The van der Waals surface area contributed by atoms with Gasteiger partial charge in [-0.15, -0.1) is 0 Å². The number of ketones is 1. The number of aliphatic hydroxyl groups is 1. The molecule has 0 heterocycles. The summed E-state index contributed by atoms with van der Waals surface area (Å²) in [6.07, 6.45) is 1.53. The Hall–Kier alpha value is -1.97. The zero-order valence-electron chi connectivity index (χ0n) is 14.4. The number of carbonyl (C=O) groups is 1. The quantitative estimate of drug-likeness (QED) is 0.936. The third-order valence-corrected chi connectivity index (χ3v) is 4.99. The molecule has 0 bridgehead atoms. The Balaban J connectivity index is 1.91. The van der Waals surface area contributed by atoms with Gasteiger partial charge >= 0.3 is 0 Å². The first-order valence-corrected chi connectivity index (χ1v) is 8.54. The van der Waals surface area contributed by atoms with E-state index in [4.69, 9.17) is 0 Å². The van der Waals surface area contributed by atoms with Crippen molar-refractivity contribution in [2.75, 3.05) is 20.6 Å². The summed E-state index contributed by atoms with van der Waals surface area (Å²) in [4.78, 5) is 14.1. The van der Waals surface area contributed by atoms with Crippen LogP contribution in [0.1, 0.15) is 24.8 Å². The first-order valence-electron chi connectivity index (χ1n) is 8.54. The van der Waals surface area contributed by atoms with Gasteiger partial charge in [-0.1, -0.05) is 54.6 Å². The number of benzene rings is 2. The molecule has 0 radical (unpaired) electrons. The molecule has 3 nitrogen and oxygen atoms in total. The van der Waals surface area contributed by atoms with Crippen molar-refractivity contribution >= 4 is 5.78 Å². The van der Waals surface area contributed by atoms with Gasteiger partial charge in [0, 0.05) is 25.3 Å². The third-order valence-electron chi connectivity index (χ3n) is 4.99. The predicted molar refractivity (Wildman–Crippen MR) is 96.7 cm³/mol. The van der Waals surface area contributed by atoms with Gasteiger partial charge in [-0.3, -0.25) is 4.79 Å². The highest BCUT2D eigenvalue weighted by atomic mass is 16.3. The summed E-state index contributed by atoms with van der Waals surface area (Å²) >= 11 is 0. The van der Waals surface area contributed by atoms with E-state index >= 15 is 0 Å². The second kappa shape index (κ2) is 6.88. The van der Waals surface area contributed by atoms with E-state index < -0.39 is 5.60 Å². The zero-order valence-corrected chi connectivity index (χ0v) is 14.4. The van der Waals surface area contributed by atoms with Gasteiger partial charge in [-0.25, -0.2) is 0 Å². The molecule has 1 fully saturated rings. The molecular formula is C21H25NO2. The van der Waals surface area contributed by atoms with Crippen LogP contribution in [0.25, 0.3) is 11.1 Å². The molecule has 24 heavy (non-hydrogen) atoms. The summed E-state index contributed by atoms with van der Waals surface area (Å²) in [5.74, 6) is 0.229. The molecule has 3 heteroatoms. The van der Waals surface area contributed by atoms with Crippen LogP contribution in [0.3, 0.4) is 0 Å². The average molecular weight is 323 g/mol. The molecule has 1 saturated carbocycles. The Labute approximate surface area is 143 Å². The fraction of sp³-hybridized carbons (Fsp3) is 0.381. The lowest BCUT2D eigenvalue weighted by atomic mass is 9.70. The van der Waals surface area contributed by atoms with Crippen LogP contribution in [0.4, 0.5) is 0 Å². The number of Topliss-reactive ketones (excluding diaryl/α,β-unsaturated/α-hetero) is 1. The van der Waals surface area contributed by atoms with Gasteiger partial charge in [-0.2, -0.15) is 0 Å². The standard InChI is InChI=1S/C21H25NO2/c1-22(2)15-19-12-13-20(23)14-21(19,24)18-10-8-17(9-11-18)16-6-4-3-5-7-16/h3-11,19,24H,12-15H2,1-2H3. The van der Waals surface area contributed by atoms with Crippen LogP contribution in [0.15, 0.2) is 54.6 Å². The van der Waals surface area contributed by atoms with E-state index in [9.17, 15) is 9.90 Å². The summed E-state index contributed by atoms with van der Waals surface area (Å²) in [5, 5.41) is 11.3. The van der Waals surface area contributed by atoms with Gasteiger partial charge in [0.05, 0.1) is 0 Å². The van der Waals surface area contributed by atoms with Crippen LogP contribution in [0.2, 0.25) is 0 Å². The second-order valence-corrected chi connectivity index (χ2v) is 7.08. The monoisotopic (exact) mass is 323 g/mol. The molecule has 126 valence electrons. The molecule has 0 saturated heterocycles. The van der Waals surface area contributed by atoms with Crippen LogP contribution < -0.4 is 0 Å². The maximum atomic E-state index is 12.0. The average Bonchev–Trinajstić information content (AvgIpc) is 2.58. The number of nitrogens with zero attached hydrogens (tertiary/aromatic N) is 1. The topological polar surface area (TPSA) is 40.5 Å². The molecule has 0 aromatic heterocycles. The summed E-state index contributed by atoms with van der Waals surface area (Å²) in [5.41, 5.74) is 2.06. The van der Waals surface area contributed by atoms with E-state index in [1.807, 2.05) is 56.6 Å². The number of hydrogen-bond donors (Lipinski definition) is 1. The highest BCUT2D eigenvalue weighted by Crippen LogP contribution is 2.41. The first-order chi connectivity index (χ1) is 11.5. The van der Waals surface area contributed by atoms with Gasteiger partial charge in [0.15, 0.2) is 0 Å². The Morgan fingerprint density at radius 1 is 1.04 bits per heavy atom. The summed E-state index contributed by atoms with van der Waals surface area (Å²) < 4.78 is 0. The SMILES string of the molecule is CN(C)CC1CCC(=O)CC1(O)c1ccc(-c2ccccc2)cc1. The highest BCUT2D eigenvalue weighted by Gasteiger charge is 2.43. The van der Waals surface area contributed by atoms with Crippen molar-refractivity contribution in [3.8, 4) is 11.1 Å². The number of hydrogen-bond acceptors (Lipinski definition) is 3. The number of carbonyl (C=O) groups excluding carboxylic acids is 1. The molecule has 1 N–H and O–H groups in total. The lowest BCUT2D eigenvalue weighted by molar-refractivity contribution is -0.135. The smallest absolute Gasteiger partial charge is 0.136 e. The maximum Gasteiger partial charge on any atom is 0.136 e. The molecule has 1 aliphatic carbocycles. The normalized spacial score (nSPS) is 24.3. The summed E-state index contributed by atoms with van der Waals surface area (Å²) in [6, 6.07) is 18.2. The van der Waals surface area contributed by atoms with Crippen LogP contribution in [0, 0.1) is 5.92 Å². The molecule has 0 spiro atoms. The van der Waals surface area contributed by atoms with Gasteiger partial charge in [0.1, 0.15) is 11.4 Å². The van der Waals surface area contributed by atoms with E-state index in [0.29, 0.717) is 6.42 Å². The zero-order chi connectivity index (χ0) is 17.2. The fourth-order valence-electron chi connectivity index (χ4n) is 3.71. The molecular weight excluding hydrogens is 298 g/mol. The maximum absolute atomic E-state index is 12.0. The molecule has 0 aliphatic heterocycles. The van der Waals surface area contributed by atoms with Crippen molar-refractivity contribution in [3.05, 3.63) is 60.2 Å². The largest absolute Gasteiger partial charge is 0.384 e. The van der Waals surface area contributed by atoms with E-state index in [2.05, 4.69) is 17.0 Å². The van der Waals surface area contributed by atoms with Crippen molar-refractivity contribution in [1.29, 1.82) is 0 Å². The molecule has 2 aromatic rings. The van der Waals surface area contributed by atoms with Crippen LogP contribution in [0.5, 0.6) is 0 Å². The van der Waals surface area contributed by atoms with Crippen LogP contribution in [-0.2, 0) is 10.4 Å². The first kappa shape index (κ1) is 16.9. The molecule has 2 aromatic carbocycles. The minimum absolute atomic E-state index is 0.0766. The molecule has 3 rings (SSSR count). The number of rotatable bonds is 4. The lowest BCUT2D eigenvalue weighted by Crippen LogP contribution is -2.45. The fourth-order valence-corrected chi connectivity index (χ4v) is 3.71. The van der Waals surface area contributed by atoms with Crippen molar-refractivity contribution < 1.29 is 9.90 Å². The van der Waals surface area contributed by atoms with Crippen LogP contribution >= 0.6 is 0 Å². The van der Waals surface area contributed by atoms with Crippen molar-refractivity contribution in [3.63, 3.8) is 0 Å². The Morgan fingerprint density at radius 2 is 1.67 bits per heavy atom.